The van der Waals surface area contributed by atoms with Crippen LogP contribution in [0, 0.1) is 0 Å². The van der Waals surface area contributed by atoms with Crippen molar-refractivity contribution in [1.29, 1.82) is 0 Å². The average Bonchev–Trinajstić information content (AvgIpc) is 2.06. The summed E-state index contributed by atoms with van der Waals surface area (Å²) in [6.07, 6.45) is 5.27. The molecular formula is C9H6O4. The molecule has 0 aromatic carbocycles. The first-order valence-corrected chi connectivity index (χ1v) is 3.48. The second kappa shape index (κ2) is 3.62. The maximum absolute atomic E-state index is 11.0. The van der Waals surface area contributed by atoms with Crippen LogP contribution in [-0.2, 0) is 14.4 Å². The molecule has 1 N–H and O–H groups in total. The number of carboxylic acids is 1. The third-order valence-electron chi connectivity index (χ3n) is 1.39. The Bertz CT molecular complexity index is 358. The molecule has 0 atom stereocenters. The minimum Gasteiger partial charge on any atom is -0.478 e. The van der Waals surface area contributed by atoms with Gasteiger partial charge in [0.1, 0.15) is 0 Å². The van der Waals surface area contributed by atoms with Crippen molar-refractivity contribution in [2.24, 2.45) is 0 Å². The highest BCUT2D eigenvalue weighted by molar-refractivity contribution is 6.18. The van der Waals surface area contributed by atoms with Crippen molar-refractivity contribution in [3.63, 3.8) is 0 Å². The van der Waals surface area contributed by atoms with Gasteiger partial charge in [0.05, 0.1) is 0 Å². The van der Waals surface area contributed by atoms with Crippen molar-refractivity contribution in [2.75, 3.05) is 0 Å². The van der Waals surface area contributed by atoms with Crippen molar-refractivity contribution in [3.8, 4) is 0 Å². The highest BCUT2D eigenvalue weighted by atomic mass is 16.4. The fourth-order valence-electron chi connectivity index (χ4n) is 0.818. The zero-order chi connectivity index (χ0) is 9.84. The monoisotopic (exact) mass is 178 g/mol. The van der Waals surface area contributed by atoms with E-state index < -0.39 is 5.97 Å². The minimum atomic E-state index is -1.16. The normalized spacial score (nSPS) is 16.5. The van der Waals surface area contributed by atoms with Gasteiger partial charge in [0.25, 0.3) is 0 Å². The van der Waals surface area contributed by atoms with Crippen LogP contribution in [0.2, 0.25) is 0 Å². The molecule has 13 heavy (non-hydrogen) atoms. The second-order valence-electron chi connectivity index (χ2n) is 2.37. The van der Waals surface area contributed by atoms with Gasteiger partial charge in [-0.05, 0) is 24.3 Å². The average molecular weight is 178 g/mol. The molecule has 0 radical (unpaired) electrons. The molecule has 0 aromatic rings. The van der Waals surface area contributed by atoms with Crippen LogP contribution < -0.4 is 0 Å². The molecule has 0 aromatic heterocycles. The number of ketones is 2. The zero-order valence-electron chi connectivity index (χ0n) is 6.56. The molecule has 66 valence electrons. The van der Waals surface area contributed by atoms with E-state index in [-0.39, 0.29) is 17.1 Å². The molecule has 0 fully saturated rings. The van der Waals surface area contributed by atoms with Gasteiger partial charge in [-0.15, -0.1) is 0 Å². The smallest absolute Gasteiger partial charge is 0.328 e. The predicted octanol–water partition coefficient (Wildman–Crippen LogP) is 0.262. The number of carbonyl (C=O) groups excluding carboxylic acids is 2. The maximum atomic E-state index is 11.0. The van der Waals surface area contributed by atoms with E-state index in [1.54, 1.807) is 0 Å². The molecule has 1 aliphatic rings. The van der Waals surface area contributed by atoms with E-state index in [2.05, 4.69) is 0 Å². The molecule has 1 aliphatic carbocycles. The molecule has 4 nitrogen and oxygen atoms in total. The largest absolute Gasteiger partial charge is 0.478 e. The molecule has 0 unspecified atom stereocenters. The summed E-state index contributed by atoms with van der Waals surface area (Å²) in [5.41, 5.74) is 0.0925. The fraction of sp³-hybridized carbons (Fsp3) is 0. The Balaban J connectivity index is 2.86. The number of carboxylic acid groups (broad SMARTS) is 1. The van der Waals surface area contributed by atoms with Crippen LogP contribution in [0.5, 0.6) is 0 Å². The molecule has 4 heteroatoms. The Morgan fingerprint density at radius 3 is 2.62 bits per heavy atom. The fourth-order valence-corrected chi connectivity index (χ4v) is 0.818. The summed E-state index contributed by atoms with van der Waals surface area (Å²) >= 11 is 0. The van der Waals surface area contributed by atoms with Gasteiger partial charge in [0.2, 0.25) is 0 Å². The SMILES string of the molecule is O=C1C=CC(=O)C(/C=C/C(=O)O)=C1. The first-order chi connectivity index (χ1) is 6.09. The number of carbonyl (C=O) groups is 3. The summed E-state index contributed by atoms with van der Waals surface area (Å²) in [6.45, 7) is 0. The van der Waals surface area contributed by atoms with Crippen LogP contribution in [0.15, 0.2) is 36.0 Å². The minimum absolute atomic E-state index is 0.0925. The van der Waals surface area contributed by atoms with E-state index in [0.717, 1.165) is 30.4 Å². The van der Waals surface area contributed by atoms with Gasteiger partial charge in [0.15, 0.2) is 11.6 Å². The zero-order valence-corrected chi connectivity index (χ0v) is 6.56. The quantitative estimate of drug-likeness (QED) is 0.486. The number of rotatable bonds is 2. The maximum Gasteiger partial charge on any atom is 0.328 e. The van der Waals surface area contributed by atoms with Gasteiger partial charge in [0, 0.05) is 11.6 Å². The summed E-state index contributed by atoms with van der Waals surface area (Å²) < 4.78 is 0. The van der Waals surface area contributed by atoms with Crippen molar-refractivity contribution in [1.82, 2.24) is 0 Å². The molecule has 0 bridgehead atoms. The third-order valence-corrected chi connectivity index (χ3v) is 1.39. The Kier molecular flexibility index (Phi) is 2.54. The standard InChI is InChI=1S/C9H6O4/c10-7-2-3-8(11)6(5-7)1-4-9(12)13/h1-5H,(H,12,13)/b4-1+. The molecule has 1 rings (SSSR count). The Morgan fingerprint density at radius 2 is 2.00 bits per heavy atom. The van der Waals surface area contributed by atoms with E-state index in [1.165, 1.54) is 0 Å². The molecule has 0 aliphatic heterocycles. The number of hydrogen-bond acceptors (Lipinski definition) is 3. The number of allylic oxidation sites excluding steroid dienone is 5. The van der Waals surface area contributed by atoms with Gasteiger partial charge in [-0.2, -0.15) is 0 Å². The van der Waals surface area contributed by atoms with E-state index in [0.29, 0.717) is 0 Å². The van der Waals surface area contributed by atoms with E-state index in [1.807, 2.05) is 0 Å². The summed E-state index contributed by atoms with van der Waals surface area (Å²) in [7, 11) is 0. The molecule has 0 heterocycles. The lowest BCUT2D eigenvalue weighted by atomic mass is 10.0. The van der Waals surface area contributed by atoms with Crippen molar-refractivity contribution in [2.45, 2.75) is 0 Å². The van der Waals surface area contributed by atoms with Gasteiger partial charge in [-0.1, -0.05) is 0 Å². The van der Waals surface area contributed by atoms with Crippen LogP contribution in [0.3, 0.4) is 0 Å². The lowest BCUT2D eigenvalue weighted by Gasteiger charge is -1.99. The van der Waals surface area contributed by atoms with Gasteiger partial charge in [-0.25, -0.2) is 4.79 Å². The first-order valence-electron chi connectivity index (χ1n) is 3.48. The second-order valence-corrected chi connectivity index (χ2v) is 2.37. The Morgan fingerprint density at radius 1 is 1.31 bits per heavy atom. The van der Waals surface area contributed by atoms with Gasteiger partial charge in [-0.3, -0.25) is 9.59 Å². The molecule has 0 saturated heterocycles. The molecule has 0 amide bonds. The lowest BCUT2D eigenvalue weighted by molar-refractivity contribution is -0.131. The van der Waals surface area contributed by atoms with Gasteiger partial charge < -0.3 is 5.11 Å². The number of aliphatic carboxylic acids is 1. The van der Waals surface area contributed by atoms with Crippen LogP contribution in [0.1, 0.15) is 0 Å². The number of hydrogen-bond donors (Lipinski definition) is 1. The van der Waals surface area contributed by atoms with Gasteiger partial charge >= 0.3 is 5.97 Å². The molecule has 0 saturated carbocycles. The van der Waals surface area contributed by atoms with E-state index in [4.69, 9.17) is 5.11 Å². The molecular weight excluding hydrogens is 172 g/mol. The third kappa shape index (κ3) is 2.52. The lowest BCUT2D eigenvalue weighted by Crippen LogP contribution is -2.05. The topological polar surface area (TPSA) is 71.4 Å². The summed E-state index contributed by atoms with van der Waals surface area (Å²) in [4.78, 5) is 31.9. The van der Waals surface area contributed by atoms with E-state index in [9.17, 15) is 14.4 Å². The van der Waals surface area contributed by atoms with Crippen molar-refractivity contribution in [3.05, 3.63) is 36.0 Å². The van der Waals surface area contributed by atoms with Crippen LogP contribution in [0.25, 0.3) is 0 Å². The van der Waals surface area contributed by atoms with Crippen molar-refractivity contribution >= 4 is 17.5 Å². The Labute approximate surface area is 73.9 Å². The highest BCUT2D eigenvalue weighted by Gasteiger charge is 2.09. The summed E-state index contributed by atoms with van der Waals surface area (Å²) in [5, 5.41) is 8.27. The highest BCUT2D eigenvalue weighted by Crippen LogP contribution is 2.06. The summed E-state index contributed by atoms with van der Waals surface area (Å²) in [6, 6.07) is 0. The van der Waals surface area contributed by atoms with Crippen LogP contribution in [-0.4, -0.2) is 22.6 Å². The summed E-state index contributed by atoms with van der Waals surface area (Å²) in [5.74, 6) is -1.84. The van der Waals surface area contributed by atoms with Crippen molar-refractivity contribution < 1.29 is 19.5 Å². The first kappa shape index (κ1) is 9.12. The Hall–Kier alpha value is -1.97. The van der Waals surface area contributed by atoms with Crippen LogP contribution >= 0.6 is 0 Å². The molecule has 0 spiro atoms. The predicted molar refractivity (Wildman–Crippen MR) is 44.0 cm³/mol. The van der Waals surface area contributed by atoms with Crippen LogP contribution in [0.4, 0.5) is 0 Å². The van der Waals surface area contributed by atoms with E-state index >= 15 is 0 Å².